The van der Waals surface area contributed by atoms with Crippen LogP contribution in [0.2, 0.25) is 0 Å². The van der Waals surface area contributed by atoms with Crippen molar-refractivity contribution in [2.24, 2.45) is 0 Å². The summed E-state index contributed by atoms with van der Waals surface area (Å²) >= 11 is 0. The maximum absolute atomic E-state index is 8.92. The molecule has 1 aliphatic rings. The molecule has 0 bridgehead atoms. The lowest BCUT2D eigenvalue weighted by atomic mass is 10.0. The van der Waals surface area contributed by atoms with Crippen LogP contribution in [0.3, 0.4) is 0 Å². The molecular weight excluding hydrogens is 362 g/mol. The molecule has 146 valence electrons. The molecular formula is C24H23N3O2. The van der Waals surface area contributed by atoms with E-state index in [4.69, 9.17) is 14.7 Å². The van der Waals surface area contributed by atoms with Crippen LogP contribution in [0.15, 0.2) is 54.7 Å². The van der Waals surface area contributed by atoms with Gasteiger partial charge in [-0.1, -0.05) is 24.3 Å². The minimum Gasteiger partial charge on any atom is -0.461 e. The fourth-order valence-electron chi connectivity index (χ4n) is 3.36. The first-order valence-corrected chi connectivity index (χ1v) is 9.60. The summed E-state index contributed by atoms with van der Waals surface area (Å²) in [5.74, 6) is 0.198. The molecule has 5 nitrogen and oxygen atoms in total. The predicted octanol–water partition coefficient (Wildman–Crippen LogP) is 5.19. The largest absolute Gasteiger partial charge is 0.461 e. The van der Waals surface area contributed by atoms with Gasteiger partial charge in [0.05, 0.1) is 23.9 Å². The van der Waals surface area contributed by atoms with Gasteiger partial charge in [0.1, 0.15) is 5.75 Å². The highest BCUT2D eigenvalue weighted by atomic mass is 16.7. The average molecular weight is 385 g/mol. The molecule has 5 heteroatoms. The molecule has 0 saturated carbocycles. The number of hydrogen-bond donors (Lipinski definition) is 1. The van der Waals surface area contributed by atoms with Crippen LogP contribution in [0.4, 0.5) is 5.69 Å². The van der Waals surface area contributed by atoms with Gasteiger partial charge in [0, 0.05) is 37.8 Å². The number of anilines is 1. The molecule has 2 heterocycles. The lowest BCUT2D eigenvalue weighted by Crippen LogP contribution is -2.36. The monoisotopic (exact) mass is 385 g/mol. The molecule has 4 rings (SSSR count). The lowest BCUT2D eigenvalue weighted by molar-refractivity contribution is -0.180. The van der Waals surface area contributed by atoms with Crippen molar-refractivity contribution in [1.29, 1.82) is 5.26 Å². The second-order valence-corrected chi connectivity index (χ2v) is 7.59. The molecule has 0 amide bonds. The first-order valence-electron chi connectivity index (χ1n) is 9.60. The van der Waals surface area contributed by atoms with E-state index in [9.17, 15) is 0 Å². The third-order valence-electron chi connectivity index (χ3n) is 5.03. The van der Waals surface area contributed by atoms with Gasteiger partial charge in [0.25, 0.3) is 0 Å². The van der Waals surface area contributed by atoms with Crippen molar-refractivity contribution in [3.8, 4) is 22.9 Å². The smallest absolute Gasteiger partial charge is 0.205 e. The topological polar surface area (TPSA) is 67.2 Å². The second-order valence-electron chi connectivity index (χ2n) is 7.59. The van der Waals surface area contributed by atoms with E-state index in [2.05, 4.69) is 40.6 Å². The molecule has 1 N–H and O–H groups in total. The highest BCUT2D eigenvalue weighted by Crippen LogP contribution is 2.35. The van der Waals surface area contributed by atoms with Crippen molar-refractivity contribution in [2.75, 3.05) is 5.32 Å². The first-order chi connectivity index (χ1) is 13.9. The van der Waals surface area contributed by atoms with Crippen molar-refractivity contribution < 1.29 is 9.47 Å². The van der Waals surface area contributed by atoms with Crippen LogP contribution >= 0.6 is 0 Å². The third-order valence-corrected chi connectivity index (χ3v) is 5.03. The fourth-order valence-corrected chi connectivity index (χ4v) is 3.36. The van der Waals surface area contributed by atoms with E-state index >= 15 is 0 Å². The van der Waals surface area contributed by atoms with Crippen LogP contribution in [0, 0.1) is 18.3 Å². The van der Waals surface area contributed by atoms with E-state index in [0.29, 0.717) is 18.7 Å². The van der Waals surface area contributed by atoms with Gasteiger partial charge in [0.2, 0.25) is 5.79 Å². The normalized spacial score (nSPS) is 14.4. The van der Waals surface area contributed by atoms with Gasteiger partial charge in [0.15, 0.2) is 0 Å². The molecule has 2 aromatic carbocycles. The number of aryl methyl sites for hydroxylation is 1. The van der Waals surface area contributed by atoms with Gasteiger partial charge in [-0.25, -0.2) is 0 Å². The molecule has 3 aromatic rings. The maximum atomic E-state index is 8.92. The molecule has 0 atom stereocenters. The summed E-state index contributed by atoms with van der Waals surface area (Å²) in [4.78, 5) is 4.49. The first kappa shape index (κ1) is 19.0. The summed E-state index contributed by atoms with van der Waals surface area (Å²) < 4.78 is 11.8. The van der Waals surface area contributed by atoms with Crippen molar-refractivity contribution in [1.82, 2.24) is 4.98 Å². The van der Waals surface area contributed by atoms with E-state index in [1.165, 1.54) is 0 Å². The van der Waals surface area contributed by atoms with Crippen molar-refractivity contribution in [3.63, 3.8) is 0 Å². The van der Waals surface area contributed by atoms with Gasteiger partial charge in [-0.05, 0) is 47.9 Å². The van der Waals surface area contributed by atoms with Gasteiger partial charge in [-0.2, -0.15) is 5.26 Å². The zero-order valence-electron chi connectivity index (χ0n) is 16.8. The third kappa shape index (κ3) is 4.08. The van der Waals surface area contributed by atoms with Crippen molar-refractivity contribution in [3.05, 3.63) is 77.1 Å². The van der Waals surface area contributed by atoms with Gasteiger partial charge >= 0.3 is 0 Å². The van der Waals surface area contributed by atoms with Crippen LogP contribution < -0.4 is 10.1 Å². The number of fused-ring (bicyclic) bond motifs is 1. The highest BCUT2D eigenvalue weighted by Gasteiger charge is 2.30. The SMILES string of the molecule is Cc1ncc(CNc2ccc(-c3ccc(C#N)cc3)cc2)c2c1OC(C)(C)OC2. The van der Waals surface area contributed by atoms with Crippen molar-refractivity contribution in [2.45, 2.75) is 39.7 Å². The number of pyridine rings is 1. The van der Waals surface area contributed by atoms with E-state index in [1.807, 2.05) is 51.2 Å². The Kier molecular flexibility index (Phi) is 4.96. The number of rotatable bonds is 4. The Hall–Kier alpha value is -3.36. The Morgan fingerprint density at radius 2 is 1.72 bits per heavy atom. The number of nitrogens with zero attached hydrogens (tertiary/aromatic N) is 2. The Balaban J connectivity index is 1.48. The predicted molar refractivity (Wildman–Crippen MR) is 112 cm³/mol. The van der Waals surface area contributed by atoms with E-state index in [1.54, 1.807) is 0 Å². The summed E-state index contributed by atoms with van der Waals surface area (Å²) in [7, 11) is 0. The van der Waals surface area contributed by atoms with Crippen molar-refractivity contribution >= 4 is 5.69 Å². The highest BCUT2D eigenvalue weighted by molar-refractivity contribution is 5.66. The standard InChI is InChI=1S/C24H23N3O2/c1-16-23-22(15-28-24(2,3)29-23)20(13-26-16)14-27-21-10-8-19(9-11-21)18-6-4-17(12-25)5-7-18/h4-11,13,27H,14-15H2,1-3H3. The Morgan fingerprint density at radius 3 is 2.38 bits per heavy atom. The van der Waals surface area contributed by atoms with Gasteiger partial charge in [-0.15, -0.1) is 0 Å². The van der Waals surface area contributed by atoms with Gasteiger partial charge < -0.3 is 14.8 Å². The summed E-state index contributed by atoms with van der Waals surface area (Å²) in [6.07, 6.45) is 1.89. The molecule has 0 radical (unpaired) electrons. The van der Waals surface area contributed by atoms with Crippen LogP contribution in [0.25, 0.3) is 11.1 Å². The Labute approximate surface area is 170 Å². The number of aromatic nitrogens is 1. The Morgan fingerprint density at radius 1 is 1.07 bits per heavy atom. The summed E-state index contributed by atoms with van der Waals surface area (Å²) in [5.41, 5.74) is 6.89. The second kappa shape index (κ2) is 7.57. The minimum atomic E-state index is -0.632. The maximum Gasteiger partial charge on any atom is 0.205 e. The summed E-state index contributed by atoms with van der Waals surface area (Å²) in [6.45, 7) is 6.93. The molecule has 0 fully saturated rings. The zero-order valence-corrected chi connectivity index (χ0v) is 16.8. The van der Waals surface area contributed by atoms with Crippen LogP contribution in [-0.4, -0.2) is 10.8 Å². The fraction of sp³-hybridized carbons (Fsp3) is 0.250. The molecule has 1 aliphatic heterocycles. The summed E-state index contributed by atoms with van der Waals surface area (Å²) in [5, 5.41) is 12.4. The molecule has 0 spiro atoms. The molecule has 0 aliphatic carbocycles. The van der Waals surface area contributed by atoms with Crippen LogP contribution in [-0.2, 0) is 17.9 Å². The average Bonchev–Trinajstić information content (AvgIpc) is 2.73. The molecule has 29 heavy (non-hydrogen) atoms. The lowest BCUT2D eigenvalue weighted by Gasteiger charge is -2.34. The van der Waals surface area contributed by atoms with Crippen LogP contribution in [0.5, 0.6) is 5.75 Å². The van der Waals surface area contributed by atoms with Crippen LogP contribution in [0.1, 0.15) is 36.2 Å². The molecule has 1 aromatic heterocycles. The number of hydrogen-bond acceptors (Lipinski definition) is 5. The molecule has 0 unspecified atom stereocenters. The number of ether oxygens (including phenoxy) is 2. The van der Waals surface area contributed by atoms with E-state index in [0.717, 1.165) is 39.4 Å². The minimum absolute atomic E-state index is 0.514. The molecule has 0 saturated heterocycles. The van der Waals surface area contributed by atoms with E-state index in [-0.39, 0.29) is 0 Å². The van der Waals surface area contributed by atoms with Gasteiger partial charge in [-0.3, -0.25) is 4.98 Å². The number of nitrogens with one attached hydrogen (secondary N) is 1. The quantitative estimate of drug-likeness (QED) is 0.670. The number of benzene rings is 2. The van der Waals surface area contributed by atoms with E-state index < -0.39 is 5.79 Å². The number of nitriles is 1. The summed E-state index contributed by atoms with van der Waals surface area (Å²) in [6, 6.07) is 18.0. The Bertz CT molecular complexity index is 1070. The zero-order chi connectivity index (χ0) is 20.4.